The van der Waals surface area contributed by atoms with Gasteiger partial charge < -0.3 is 9.64 Å². The molecule has 1 aliphatic rings. The van der Waals surface area contributed by atoms with Gasteiger partial charge in [0.1, 0.15) is 5.75 Å². The first-order valence-electron chi connectivity index (χ1n) is 6.88. The van der Waals surface area contributed by atoms with Crippen LogP contribution in [-0.2, 0) is 0 Å². The van der Waals surface area contributed by atoms with Crippen molar-refractivity contribution in [2.24, 2.45) is 0 Å². The third-order valence-electron chi connectivity index (χ3n) is 3.70. The highest BCUT2D eigenvalue weighted by Crippen LogP contribution is 2.29. The average Bonchev–Trinajstić information content (AvgIpc) is 2.92. The van der Waals surface area contributed by atoms with E-state index in [0.717, 1.165) is 32.2 Å². The van der Waals surface area contributed by atoms with Crippen molar-refractivity contribution in [3.8, 4) is 5.75 Å². The SMILES string of the molecule is COc1ccc(Cl)cc1C(=O)N1CCCC1CCCCl. The van der Waals surface area contributed by atoms with Crippen molar-refractivity contribution >= 4 is 29.1 Å². The van der Waals surface area contributed by atoms with Gasteiger partial charge in [0.2, 0.25) is 0 Å². The number of carbonyl (C=O) groups excluding carboxylic acids is 1. The molecule has 1 heterocycles. The van der Waals surface area contributed by atoms with E-state index in [1.165, 1.54) is 0 Å². The summed E-state index contributed by atoms with van der Waals surface area (Å²) >= 11 is 11.8. The largest absolute Gasteiger partial charge is 0.496 e. The third kappa shape index (κ3) is 3.39. The molecule has 0 bridgehead atoms. The van der Waals surface area contributed by atoms with E-state index >= 15 is 0 Å². The van der Waals surface area contributed by atoms with Crippen LogP contribution in [0.15, 0.2) is 18.2 Å². The third-order valence-corrected chi connectivity index (χ3v) is 4.20. The first-order chi connectivity index (χ1) is 9.67. The molecule has 1 atom stereocenters. The normalized spacial score (nSPS) is 18.4. The molecule has 0 aromatic heterocycles. The van der Waals surface area contributed by atoms with Gasteiger partial charge in [0.15, 0.2) is 0 Å². The Morgan fingerprint density at radius 3 is 3.00 bits per heavy atom. The van der Waals surface area contributed by atoms with Crippen LogP contribution in [0.3, 0.4) is 0 Å². The van der Waals surface area contributed by atoms with Gasteiger partial charge in [0, 0.05) is 23.5 Å². The Bertz CT molecular complexity index is 479. The van der Waals surface area contributed by atoms with Crippen molar-refractivity contribution in [2.45, 2.75) is 31.7 Å². The number of likely N-dealkylation sites (tertiary alicyclic amines) is 1. The zero-order valence-corrected chi connectivity index (χ0v) is 13.1. The maximum atomic E-state index is 12.7. The monoisotopic (exact) mass is 315 g/mol. The lowest BCUT2D eigenvalue weighted by Gasteiger charge is -2.25. The molecule has 1 aromatic carbocycles. The van der Waals surface area contributed by atoms with Gasteiger partial charge in [-0.1, -0.05) is 11.6 Å². The number of hydrogen-bond donors (Lipinski definition) is 0. The number of methoxy groups -OCH3 is 1. The van der Waals surface area contributed by atoms with Crippen LogP contribution in [0.1, 0.15) is 36.0 Å². The van der Waals surface area contributed by atoms with Crippen molar-refractivity contribution in [1.29, 1.82) is 0 Å². The van der Waals surface area contributed by atoms with Crippen LogP contribution in [0.2, 0.25) is 5.02 Å². The molecule has 0 spiro atoms. The minimum Gasteiger partial charge on any atom is -0.496 e. The van der Waals surface area contributed by atoms with Crippen LogP contribution in [0, 0.1) is 0 Å². The van der Waals surface area contributed by atoms with Gasteiger partial charge in [-0.3, -0.25) is 4.79 Å². The summed E-state index contributed by atoms with van der Waals surface area (Å²) in [6, 6.07) is 5.43. The van der Waals surface area contributed by atoms with E-state index in [1.807, 2.05) is 4.90 Å². The quantitative estimate of drug-likeness (QED) is 0.769. The lowest BCUT2D eigenvalue weighted by Crippen LogP contribution is -2.35. The summed E-state index contributed by atoms with van der Waals surface area (Å²) in [4.78, 5) is 14.6. The molecule has 0 aliphatic carbocycles. The maximum absolute atomic E-state index is 12.7. The molecular weight excluding hydrogens is 297 g/mol. The highest BCUT2D eigenvalue weighted by Gasteiger charge is 2.30. The van der Waals surface area contributed by atoms with Gasteiger partial charge >= 0.3 is 0 Å². The lowest BCUT2D eigenvalue weighted by molar-refractivity contribution is 0.0727. The van der Waals surface area contributed by atoms with E-state index in [0.29, 0.717) is 22.2 Å². The van der Waals surface area contributed by atoms with Gasteiger partial charge in [-0.2, -0.15) is 0 Å². The van der Waals surface area contributed by atoms with Crippen LogP contribution in [0.4, 0.5) is 0 Å². The molecule has 1 saturated heterocycles. The molecule has 1 aliphatic heterocycles. The Kier molecular flexibility index (Phi) is 5.55. The molecule has 110 valence electrons. The van der Waals surface area contributed by atoms with Crippen molar-refractivity contribution < 1.29 is 9.53 Å². The number of carbonyl (C=O) groups is 1. The Morgan fingerprint density at radius 1 is 1.50 bits per heavy atom. The van der Waals surface area contributed by atoms with E-state index in [1.54, 1.807) is 25.3 Å². The van der Waals surface area contributed by atoms with Crippen molar-refractivity contribution in [1.82, 2.24) is 4.90 Å². The Hall–Kier alpha value is -0.930. The van der Waals surface area contributed by atoms with Gasteiger partial charge in [-0.05, 0) is 43.9 Å². The Labute approximate surface area is 129 Å². The second-order valence-corrected chi connectivity index (χ2v) is 5.78. The number of hydrogen-bond acceptors (Lipinski definition) is 2. The molecule has 5 heteroatoms. The molecule has 1 amide bonds. The van der Waals surface area contributed by atoms with Crippen LogP contribution in [-0.4, -0.2) is 36.4 Å². The summed E-state index contributed by atoms with van der Waals surface area (Å²) in [6.07, 6.45) is 3.98. The molecule has 1 fully saturated rings. The van der Waals surface area contributed by atoms with Crippen LogP contribution in [0.5, 0.6) is 5.75 Å². The molecule has 0 radical (unpaired) electrons. The number of alkyl halides is 1. The molecule has 1 unspecified atom stereocenters. The number of halogens is 2. The fourth-order valence-corrected chi connectivity index (χ4v) is 3.04. The first-order valence-corrected chi connectivity index (χ1v) is 7.79. The van der Waals surface area contributed by atoms with Crippen molar-refractivity contribution in [3.63, 3.8) is 0 Å². The number of amides is 1. The summed E-state index contributed by atoms with van der Waals surface area (Å²) in [5, 5.41) is 0.547. The Morgan fingerprint density at radius 2 is 2.30 bits per heavy atom. The summed E-state index contributed by atoms with van der Waals surface area (Å²) in [6.45, 7) is 0.793. The summed E-state index contributed by atoms with van der Waals surface area (Å²) in [5.74, 6) is 1.21. The molecule has 2 rings (SSSR count). The minimum atomic E-state index is 0.00132. The fraction of sp³-hybridized carbons (Fsp3) is 0.533. The standard InChI is InChI=1S/C15H19Cl2NO2/c1-20-14-7-6-11(17)10-13(14)15(19)18-9-3-5-12(18)4-2-8-16/h6-7,10,12H,2-5,8-9H2,1H3. The highest BCUT2D eigenvalue weighted by molar-refractivity contribution is 6.31. The molecule has 0 saturated carbocycles. The van der Waals surface area contributed by atoms with Crippen LogP contribution < -0.4 is 4.74 Å². The zero-order chi connectivity index (χ0) is 14.5. The molecule has 20 heavy (non-hydrogen) atoms. The molecule has 1 aromatic rings. The summed E-state index contributed by atoms with van der Waals surface area (Å²) < 4.78 is 5.27. The lowest BCUT2D eigenvalue weighted by atomic mass is 10.1. The molecular formula is C15H19Cl2NO2. The zero-order valence-electron chi connectivity index (χ0n) is 11.6. The fourth-order valence-electron chi connectivity index (χ4n) is 2.72. The van der Waals surface area contributed by atoms with E-state index in [4.69, 9.17) is 27.9 Å². The van der Waals surface area contributed by atoms with E-state index < -0.39 is 0 Å². The second kappa shape index (κ2) is 7.19. The topological polar surface area (TPSA) is 29.5 Å². The Balaban J connectivity index is 2.19. The van der Waals surface area contributed by atoms with Crippen molar-refractivity contribution in [3.05, 3.63) is 28.8 Å². The first kappa shape index (κ1) is 15.5. The minimum absolute atomic E-state index is 0.00132. The highest BCUT2D eigenvalue weighted by atomic mass is 35.5. The van der Waals surface area contributed by atoms with Gasteiger partial charge in [0.05, 0.1) is 12.7 Å². The molecule has 3 nitrogen and oxygen atoms in total. The molecule has 0 N–H and O–H groups in total. The summed E-state index contributed by atoms with van der Waals surface area (Å²) in [7, 11) is 1.56. The van der Waals surface area contributed by atoms with Gasteiger partial charge in [0.25, 0.3) is 5.91 Å². The number of ether oxygens (including phenoxy) is 1. The maximum Gasteiger partial charge on any atom is 0.257 e. The van der Waals surface area contributed by atoms with Crippen LogP contribution in [0.25, 0.3) is 0 Å². The number of nitrogens with zero attached hydrogens (tertiary/aromatic N) is 1. The predicted molar refractivity (Wildman–Crippen MR) is 82.0 cm³/mol. The smallest absolute Gasteiger partial charge is 0.257 e. The van der Waals surface area contributed by atoms with Crippen molar-refractivity contribution in [2.75, 3.05) is 19.5 Å². The van der Waals surface area contributed by atoms with Gasteiger partial charge in [-0.15, -0.1) is 11.6 Å². The van der Waals surface area contributed by atoms with E-state index in [9.17, 15) is 4.79 Å². The van der Waals surface area contributed by atoms with E-state index in [2.05, 4.69) is 0 Å². The van der Waals surface area contributed by atoms with Gasteiger partial charge in [-0.25, -0.2) is 0 Å². The predicted octanol–water partition coefficient (Wildman–Crippen LogP) is 3.97. The van der Waals surface area contributed by atoms with Crippen LogP contribution >= 0.6 is 23.2 Å². The number of benzene rings is 1. The van der Waals surface area contributed by atoms with E-state index in [-0.39, 0.29) is 11.9 Å². The average molecular weight is 316 g/mol. The second-order valence-electron chi connectivity index (χ2n) is 4.97. The summed E-state index contributed by atoms with van der Waals surface area (Å²) in [5.41, 5.74) is 0.540. The number of rotatable bonds is 5.